The summed E-state index contributed by atoms with van der Waals surface area (Å²) in [5, 5.41) is 2.74. The van der Waals surface area contributed by atoms with Crippen LogP contribution in [0.5, 0.6) is 0 Å². The molecule has 5 heteroatoms. The van der Waals surface area contributed by atoms with Crippen molar-refractivity contribution in [2.45, 2.75) is 40.5 Å². The standard InChI is InChI=1S/C16H21NO4/c1-10-7-11(2)16(12(3)8-10)17-14(19)9-21-15(20)6-5-13(4)18/h7-8H,5-6,9H2,1-4H3,(H,17,19). The molecule has 1 N–H and O–H groups in total. The van der Waals surface area contributed by atoms with Gasteiger partial charge in [0.2, 0.25) is 0 Å². The first-order chi connectivity index (χ1) is 9.79. The maximum absolute atomic E-state index is 11.8. The molecular formula is C16H21NO4. The number of nitrogens with one attached hydrogen (secondary N) is 1. The number of anilines is 1. The molecule has 0 aromatic heterocycles. The lowest BCUT2D eigenvalue weighted by Crippen LogP contribution is -2.22. The molecule has 0 heterocycles. The molecule has 114 valence electrons. The third kappa shape index (κ3) is 5.77. The lowest BCUT2D eigenvalue weighted by atomic mass is 10.1. The molecule has 0 saturated carbocycles. The van der Waals surface area contributed by atoms with Crippen LogP contribution in [-0.2, 0) is 19.1 Å². The van der Waals surface area contributed by atoms with Crippen molar-refractivity contribution in [1.82, 2.24) is 0 Å². The summed E-state index contributed by atoms with van der Waals surface area (Å²) < 4.78 is 4.83. The van der Waals surface area contributed by atoms with Crippen LogP contribution in [0, 0.1) is 20.8 Å². The number of benzene rings is 1. The van der Waals surface area contributed by atoms with E-state index in [1.54, 1.807) is 0 Å². The number of aryl methyl sites for hydroxylation is 3. The van der Waals surface area contributed by atoms with Gasteiger partial charge in [0.05, 0.1) is 6.42 Å². The summed E-state index contributed by atoms with van der Waals surface area (Å²) in [4.78, 5) is 33.9. The van der Waals surface area contributed by atoms with E-state index in [1.165, 1.54) is 6.92 Å². The van der Waals surface area contributed by atoms with Gasteiger partial charge in [0.15, 0.2) is 6.61 Å². The number of ketones is 1. The molecule has 0 radical (unpaired) electrons. The van der Waals surface area contributed by atoms with Crippen LogP contribution in [-0.4, -0.2) is 24.3 Å². The van der Waals surface area contributed by atoms with E-state index in [4.69, 9.17) is 4.74 Å². The van der Waals surface area contributed by atoms with Crippen molar-refractivity contribution in [3.8, 4) is 0 Å². The Hall–Kier alpha value is -2.17. The Bertz CT molecular complexity index is 540. The SMILES string of the molecule is CC(=O)CCC(=O)OCC(=O)Nc1c(C)cc(C)cc1C. The zero-order valence-corrected chi connectivity index (χ0v) is 12.9. The van der Waals surface area contributed by atoms with E-state index in [-0.39, 0.29) is 31.1 Å². The van der Waals surface area contributed by atoms with Gasteiger partial charge in [-0.15, -0.1) is 0 Å². The summed E-state index contributed by atoms with van der Waals surface area (Å²) in [5.41, 5.74) is 3.79. The molecule has 0 saturated heterocycles. The molecule has 1 aromatic rings. The van der Waals surface area contributed by atoms with Crippen molar-refractivity contribution in [2.24, 2.45) is 0 Å². The average Bonchev–Trinajstić information content (AvgIpc) is 2.38. The second-order valence-corrected chi connectivity index (χ2v) is 5.18. The Morgan fingerprint density at radius 1 is 1.05 bits per heavy atom. The normalized spacial score (nSPS) is 10.1. The first-order valence-corrected chi connectivity index (χ1v) is 6.82. The van der Waals surface area contributed by atoms with Gasteiger partial charge in [-0.2, -0.15) is 0 Å². The van der Waals surface area contributed by atoms with Crippen molar-refractivity contribution in [3.63, 3.8) is 0 Å². The zero-order valence-electron chi connectivity index (χ0n) is 12.9. The van der Waals surface area contributed by atoms with Gasteiger partial charge in [0, 0.05) is 12.1 Å². The Morgan fingerprint density at radius 3 is 2.14 bits per heavy atom. The number of hydrogen-bond donors (Lipinski definition) is 1. The minimum atomic E-state index is -0.544. The van der Waals surface area contributed by atoms with E-state index in [0.717, 1.165) is 22.4 Å². The van der Waals surface area contributed by atoms with E-state index in [2.05, 4.69) is 5.32 Å². The van der Waals surface area contributed by atoms with E-state index in [9.17, 15) is 14.4 Å². The third-order valence-corrected chi connectivity index (χ3v) is 2.99. The number of ether oxygens (including phenoxy) is 1. The quantitative estimate of drug-likeness (QED) is 0.817. The topological polar surface area (TPSA) is 72.5 Å². The van der Waals surface area contributed by atoms with E-state index < -0.39 is 5.97 Å². The highest BCUT2D eigenvalue weighted by atomic mass is 16.5. The van der Waals surface area contributed by atoms with Crippen molar-refractivity contribution in [3.05, 3.63) is 28.8 Å². The maximum Gasteiger partial charge on any atom is 0.306 e. The Labute approximate surface area is 124 Å². The number of hydrogen-bond acceptors (Lipinski definition) is 4. The van der Waals surface area contributed by atoms with E-state index in [1.807, 2.05) is 32.9 Å². The summed E-state index contributed by atoms with van der Waals surface area (Å²) in [6.45, 7) is 6.87. The van der Waals surface area contributed by atoms with Crippen LogP contribution in [0.4, 0.5) is 5.69 Å². The summed E-state index contributed by atoms with van der Waals surface area (Å²) in [6, 6.07) is 3.95. The summed E-state index contributed by atoms with van der Waals surface area (Å²) in [5.74, 6) is -1.01. The van der Waals surface area contributed by atoms with Gasteiger partial charge in [-0.1, -0.05) is 17.7 Å². The highest BCUT2D eigenvalue weighted by molar-refractivity contribution is 5.94. The fraction of sp³-hybridized carbons (Fsp3) is 0.438. The highest BCUT2D eigenvalue weighted by Gasteiger charge is 2.11. The minimum Gasteiger partial charge on any atom is -0.456 e. The fourth-order valence-electron chi connectivity index (χ4n) is 2.05. The molecule has 1 amide bonds. The van der Waals surface area contributed by atoms with Crippen molar-refractivity contribution in [1.29, 1.82) is 0 Å². The van der Waals surface area contributed by atoms with Crippen LogP contribution >= 0.6 is 0 Å². The Kier molecular flexibility index (Phi) is 6.09. The average molecular weight is 291 g/mol. The predicted molar refractivity (Wildman–Crippen MR) is 80.2 cm³/mol. The molecule has 5 nitrogen and oxygen atoms in total. The van der Waals surface area contributed by atoms with Crippen LogP contribution in [0.3, 0.4) is 0 Å². The molecule has 0 aliphatic rings. The van der Waals surface area contributed by atoms with E-state index in [0.29, 0.717) is 0 Å². The summed E-state index contributed by atoms with van der Waals surface area (Å²) >= 11 is 0. The van der Waals surface area contributed by atoms with Gasteiger partial charge in [0.1, 0.15) is 5.78 Å². The third-order valence-electron chi connectivity index (χ3n) is 2.99. The largest absolute Gasteiger partial charge is 0.456 e. The van der Waals surface area contributed by atoms with Gasteiger partial charge in [-0.05, 0) is 38.8 Å². The van der Waals surface area contributed by atoms with Gasteiger partial charge in [-0.3, -0.25) is 9.59 Å². The summed E-state index contributed by atoms with van der Waals surface area (Å²) in [7, 11) is 0. The molecule has 0 fully saturated rings. The van der Waals surface area contributed by atoms with E-state index >= 15 is 0 Å². The fourth-order valence-corrected chi connectivity index (χ4v) is 2.05. The van der Waals surface area contributed by atoms with Crippen LogP contribution in [0.25, 0.3) is 0 Å². The molecule has 0 bridgehead atoms. The molecule has 0 aliphatic heterocycles. The second-order valence-electron chi connectivity index (χ2n) is 5.18. The van der Waals surface area contributed by atoms with Crippen LogP contribution < -0.4 is 5.32 Å². The molecular weight excluding hydrogens is 270 g/mol. The molecule has 0 aliphatic carbocycles. The predicted octanol–water partition coefficient (Wildman–Crippen LogP) is 2.46. The first-order valence-electron chi connectivity index (χ1n) is 6.82. The second kappa shape index (κ2) is 7.57. The van der Waals surface area contributed by atoms with Crippen molar-refractivity contribution >= 4 is 23.3 Å². The number of carbonyl (C=O) groups is 3. The molecule has 21 heavy (non-hydrogen) atoms. The lowest BCUT2D eigenvalue weighted by Gasteiger charge is -2.13. The van der Waals surface area contributed by atoms with Gasteiger partial charge in [-0.25, -0.2) is 0 Å². The molecule has 1 aromatic carbocycles. The monoisotopic (exact) mass is 291 g/mol. The Morgan fingerprint density at radius 2 is 1.62 bits per heavy atom. The van der Waals surface area contributed by atoms with Gasteiger partial charge < -0.3 is 14.8 Å². The van der Waals surface area contributed by atoms with Gasteiger partial charge in [0.25, 0.3) is 5.91 Å². The number of Topliss-reactive ketones (excluding diaryl/α,β-unsaturated/α-hetero) is 1. The molecule has 1 rings (SSSR count). The lowest BCUT2D eigenvalue weighted by molar-refractivity contribution is -0.148. The number of amides is 1. The number of carbonyl (C=O) groups excluding carboxylic acids is 3. The van der Waals surface area contributed by atoms with Crippen molar-refractivity contribution in [2.75, 3.05) is 11.9 Å². The number of esters is 1. The maximum atomic E-state index is 11.8. The van der Waals surface area contributed by atoms with Crippen LogP contribution in [0.1, 0.15) is 36.5 Å². The summed E-state index contributed by atoms with van der Waals surface area (Å²) in [6.07, 6.45) is 0.141. The smallest absolute Gasteiger partial charge is 0.306 e. The molecule has 0 atom stereocenters. The van der Waals surface area contributed by atoms with Crippen LogP contribution in [0.15, 0.2) is 12.1 Å². The highest BCUT2D eigenvalue weighted by Crippen LogP contribution is 2.21. The van der Waals surface area contributed by atoms with Gasteiger partial charge >= 0.3 is 5.97 Å². The number of rotatable bonds is 6. The Balaban J connectivity index is 2.51. The molecule has 0 unspecified atom stereocenters. The first kappa shape index (κ1) is 16.9. The molecule has 0 spiro atoms. The minimum absolute atomic E-state index is 0.00516. The van der Waals surface area contributed by atoms with Crippen molar-refractivity contribution < 1.29 is 19.1 Å². The zero-order chi connectivity index (χ0) is 16.0. The van der Waals surface area contributed by atoms with Crippen LogP contribution in [0.2, 0.25) is 0 Å².